The van der Waals surface area contributed by atoms with Crippen LogP contribution in [-0.4, -0.2) is 6.21 Å². The molecular weight excluding hydrogens is 212 g/mol. The standard InChI is InChI=1S/C10H6N2S2/c11-6-8-3-5-14-10(8)12-7-9-2-1-4-13-9/h1-5,7H/b12-7+. The van der Waals surface area contributed by atoms with Crippen molar-refractivity contribution in [2.75, 3.05) is 0 Å². The van der Waals surface area contributed by atoms with Crippen LogP contribution in [0.15, 0.2) is 34.0 Å². The molecule has 2 heterocycles. The first-order valence-corrected chi connectivity index (χ1v) is 5.71. The highest BCUT2D eigenvalue weighted by atomic mass is 32.1. The Bertz CT molecular complexity index is 474. The van der Waals surface area contributed by atoms with E-state index in [4.69, 9.17) is 5.26 Å². The average molecular weight is 218 g/mol. The van der Waals surface area contributed by atoms with Gasteiger partial charge in [0.25, 0.3) is 0 Å². The molecule has 0 aromatic carbocycles. The van der Waals surface area contributed by atoms with Gasteiger partial charge in [-0.2, -0.15) is 5.26 Å². The second-order valence-corrected chi connectivity index (χ2v) is 4.40. The van der Waals surface area contributed by atoms with Crippen molar-refractivity contribution in [3.8, 4) is 6.07 Å². The van der Waals surface area contributed by atoms with Gasteiger partial charge in [0.05, 0.1) is 5.56 Å². The van der Waals surface area contributed by atoms with E-state index < -0.39 is 0 Å². The maximum Gasteiger partial charge on any atom is 0.133 e. The van der Waals surface area contributed by atoms with Gasteiger partial charge >= 0.3 is 0 Å². The van der Waals surface area contributed by atoms with Crippen LogP contribution < -0.4 is 0 Å². The molecule has 2 aromatic heterocycles. The second kappa shape index (κ2) is 4.18. The van der Waals surface area contributed by atoms with Crippen LogP contribution in [0.1, 0.15) is 10.4 Å². The van der Waals surface area contributed by atoms with Gasteiger partial charge in [-0.1, -0.05) is 6.07 Å². The van der Waals surface area contributed by atoms with Crippen molar-refractivity contribution in [3.63, 3.8) is 0 Å². The Morgan fingerprint density at radius 3 is 2.93 bits per heavy atom. The van der Waals surface area contributed by atoms with Gasteiger partial charge in [-0.15, -0.1) is 22.7 Å². The number of thiophene rings is 2. The third-order valence-electron chi connectivity index (χ3n) is 1.62. The van der Waals surface area contributed by atoms with Gasteiger partial charge in [0.2, 0.25) is 0 Å². The van der Waals surface area contributed by atoms with Crippen LogP contribution in [0.3, 0.4) is 0 Å². The fraction of sp³-hybridized carbons (Fsp3) is 0. The molecule has 0 aliphatic carbocycles. The maximum atomic E-state index is 8.75. The Morgan fingerprint density at radius 1 is 1.29 bits per heavy atom. The van der Waals surface area contributed by atoms with Gasteiger partial charge in [-0.25, -0.2) is 4.99 Å². The predicted molar refractivity (Wildman–Crippen MR) is 60.6 cm³/mol. The van der Waals surface area contributed by atoms with Crippen molar-refractivity contribution in [2.45, 2.75) is 0 Å². The molecule has 4 heteroatoms. The Hall–Kier alpha value is -1.44. The smallest absolute Gasteiger partial charge is 0.133 e. The molecule has 0 aliphatic heterocycles. The maximum absolute atomic E-state index is 8.75. The minimum atomic E-state index is 0.641. The summed E-state index contributed by atoms with van der Waals surface area (Å²) in [6.07, 6.45) is 1.79. The third kappa shape index (κ3) is 1.90. The molecule has 2 rings (SSSR count). The van der Waals surface area contributed by atoms with E-state index in [1.165, 1.54) is 11.3 Å². The fourth-order valence-electron chi connectivity index (χ4n) is 0.973. The van der Waals surface area contributed by atoms with E-state index in [0.717, 1.165) is 9.88 Å². The van der Waals surface area contributed by atoms with Crippen LogP contribution in [0, 0.1) is 11.3 Å². The number of nitrogens with zero attached hydrogens (tertiary/aromatic N) is 2. The van der Waals surface area contributed by atoms with Crippen molar-refractivity contribution >= 4 is 33.9 Å². The molecule has 2 nitrogen and oxygen atoms in total. The summed E-state index contributed by atoms with van der Waals surface area (Å²) in [5, 5.41) is 13.4. The van der Waals surface area contributed by atoms with E-state index in [2.05, 4.69) is 11.1 Å². The average Bonchev–Trinajstić information content (AvgIpc) is 2.85. The Morgan fingerprint density at radius 2 is 2.21 bits per heavy atom. The van der Waals surface area contributed by atoms with Crippen molar-refractivity contribution < 1.29 is 0 Å². The van der Waals surface area contributed by atoms with E-state index in [-0.39, 0.29) is 0 Å². The molecule has 0 N–H and O–H groups in total. The molecular formula is C10H6N2S2. The molecule has 0 aliphatic rings. The van der Waals surface area contributed by atoms with Crippen LogP contribution in [0.5, 0.6) is 0 Å². The molecule has 0 saturated heterocycles. The summed E-state index contributed by atoms with van der Waals surface area (Å²) in [6, 6.07) is 7.86. The van der Waals surface area contributed by atoms with Crippen LogP contribution in [0.4, 0.5) is 5.00 Å². The van der Waals surface area contributed by atoms with Crippen LogP contribution in [0.2, 0.25) is 0 Å². The number of hydrogen-bond acceptors (Lipinski definition) is 4. The first-order valence-electron chi connectivity index (χ1n) is 3.95. The molecule has 0 spiro atoms. The van der Waals surface area contributed by atoms with Gasteiger partial charge in [-0.05, 0) is 22.9 Å². The topological polar surface area (TPSA) is 36.1 Å². The zero-order chi connectivity index (χ0) is 9.80. The highest BCUT2D eigenvalue weighted by Crippen LogP contribution is 2.25. The Balaban J connectivity index is 2.23. The predicted octanol–water partition coefficient (Wildman–Crippen LogP) is 3.43. The summed E-state index contributed by atoms with van der Waals surface area (Å²) in [6.45, 7) is 0. The van der Waals surface area contributed by atoms with Crippen molar-refractivity contribution in [3.05, 3.63) is 39.4 Å². The summed E-state index contributed by atoms with van der Waals surface area (Å²) in [4.78, 5) is 5.36. The summed E-state index contributed by atoms with van der Waals surface area (Å²) in [7, 11) is 0. The molecule has 0 fully saturated rings. The number of hydrogen-bond donors (Lipinski definition) is 0. The Labute approximate surface area is 89.8 Å². The lowest BCUT2D eigenvalue weighted by atomic mass is 10.3. The molecule has 14 heavy (non-hydrogen) atoms. The summed E-state index contributed by atoms with van der Waals surface area (Å²) >= 11 is 3.11. The summed E-state index contributed by atoms with van der Waals surface area (Å²) in [5.74, 6) is 0. The molecule has 0 saturated carbocycles. The van der Waals surface area contributed by atoms with Gasteiger partial charge in [0, 0.05) is 11.1 Å². The van der Waals surface area contributed by atoms with E-state index in [1.807, 2.05) is 22.9 Å². The largest absolute Gasteiger partial charge is 0.243 e. The lowest BCUT2D eigenvalue weighted by molar-refractivity contribution is 1.49. The summed E-state index contributed by atoms with van der Waals surface area (Å²) in [5.41, 5.74) is 0.641. The highest BCUT2D eigenvalue weighted by molar-refractivity contribution is 7.14. The fourth-order valence-corrected chi connectivity index (χ4v) is 2.25. The number of aliphatic imine (C=N–C) groups is 1. The molecule has 0 unspecified atom stereocenters. The normalized spacial score (nSPS) is 10.5. The molecule has 0 atom stereocenters. The van der Waals surface area contributed by atoms with Gasteiger partial charge in [0.15, 0.2) is 0 Å². The zero-order valence-corrected chi connectivity index (χ0v) is 8.81. The zero-order valence-electron chi connectivity index (χ0n) is 7.18. The van der Waals surface area contributed by atoms with Crippen LogP contribution in [-0.2, 0) is 0 Å². The number of rotatable bonds is 2. The third-order valence-corrected chi connectivity index (χ3v) is 3.25. The van der Waals surface area contributed by atoms with E-state index in [9.17, 15) is 0 Å². The van der Waals surface area contributed by atoms with Crippen LogP contribution in [0.25, 0.3) is 0 Å². The van der Waals surface area contributed by atoms with E-state index in [0.29, 0.717) is 5.56 Å². The molecule has 0 amide bonds. The van der Waals surface area contributed by atoms with Crippen molar-refractivity contribution in [1.82, 2.24) is 0 Å². The monoisotopic (exact) mass is 218 g/mol. The minimum absolute atomic E-state index is 0.641. The first-order chi connectivity index (χ1) is 6.90. The van der Waals surface area contributed by atoms with Gasteiger partial charge < -0.3 is 0 Å². The molecule has 0 bridgehead atoms. The quantitative estimate of drug-likeness (QED) is 0.711. The lowest BCUT2D eigenvalue weighted by Gasteiger charge is -1.85. The molecule has 68 valence electrons. The minimum Gasteiger partial charge on any atom is -0.243 e. The van der Waals surface area contributed by atoms with Gasteiger partial charge in [-0.3, -0.25) is 0 Å². The van der Waals surface area contributed by atoms with Gasteiger partial charge in [0.1, 0.15) is 11.1 Å². The van der Waals surface area contributed by atoms with E-state index >= 15 is 0 Å². The molecule has 0 radical (unpaired) electrons. The van der Waals surface area contributed by atoms with Crippen LogP contribution >= 0.6 is 22.7 Å². The lowest BCUT2D eigenvalue weighted by Crippen LogP contribution is -1.71. The number of nitriles is 1. The van der Waals surface area contributed by atoms with Crippen molar-refractivity contribution in [1.29, 1.82) is 5.26 Å². The highest BCUT2D eigenvalue weighted by Gasteiger charge is 1.99. The SMILES string of the molecule is N#Cc1ccsc1/N=C/c1cccs1. The second-order valence-electron chi connectivity index (χ2n) is 2.52. The summed E-state index contributed by atoms with van der Waals surface area (Å²) < 4.78 is 0. The van der Waals surface area contributed by atoms with E-state index in [1.54, 1.807) is 23.6 Å². The van der Waals surface area contributed by atoms with Crippen molar-refractivity contribution in [2.24, 2.45) is 4.99 Å². The molecule has 2 aromatic rings. The Kier molecular flexibility index (Phi) is 2.73. The first kappa shape index (κ1) is 9.13.